The largest absolute Gasteiger partial charge is 0.492 e. The van der Waals surface area contributed by atoms with E-state index in [-0.39, 0.29) is 5.56 Å². The van der Waals surface area contributed by atoms with Crippen LogP contribution in [-0.2, 0) is 0 Å². The van der Waals surface area contributed by atoms with Crippen molar-refractivity contribution in [3.8, 4) is 11.8 Å². The Hall–Kier alpha value is -1.56. The molecule has 2 rings (SSSR count). The summed E-state index contributed by atoms with van der Waals surface area (Å²) in [5.41, 5.74) is 0.0137. The van der Waals surface area contributed by atoms with Gasteiger partial charge in [0.25, 0.3) is 0 Å². The van der Waals surface area contributed by atoms with Gasteiger partial charge in [-0.15, -0.1) is 0 Å². The first-order valence-electron chi connectivity index (χ1n) is 7.62. The van der Waals surface area contributed by atoms with Crippen molar-refractivity contribution in [2.24, 2.45) is 5.92 Å². The molecule has 20 heavy (non-hydrogen) atoms. The Morgan fingerprint density at radius 1 is 1.20 bits per heavy atom. The maximum atomic E-state index is 13.4. The van der Waals surface area contributed by atoms with Crippen LogP contribution in [0.2, 0.25) is 0 Å². The van der Waals surface area contributed by atoms with Crippen LogP contribution in [0.15, 0.2) is 18.2 Å². The van der Waals surface area contributed by atoms with Gasteiger partial charge >= 0.3 is 0 Å². The molecule has 0 N–H and O–H groups in total. The topological polar surface area (TPSA) is 33.0 Å². The second-order valence-electron chi connectivity index (χ2n) is 5.57. The first kappa shape index (κ1) is 14.8. The van der Waals surface area contributed by atoms with Gasteiger partial charge in [0.2, 0.25) is 0 Å². The fourth-order valence-electron chi connectivity index (χ4n) is 2.93. The number of rotatable bonds is 6. The fraction of sp³-hybridized carbons (Fsp3) is 0.588. The van der Waals surface area contributed by atoms with Gasteiger partial charge < -0.3 is 4.74 Å². The highest BCUT2D eigenvalue weighted by molar-refractivity contribution is 5.43. The molecule has 1 aliphatic carbocycles. The zero-order valence-corrected chi connectivity index (χ0v) is 11.9. The van der Waals surface area contributed by atoms with E-state index >= 15 is 0 Å². The molecule has 0 unspecified atom stereocenters. The second-order valence-corrected chi connectivity index (χ2v) is 5.57. The van der Waals surface area contributed by atoms with Gasteiger partial charge in [0.15, 0.2) is 0 Å². The Bertz CT molecular complexity index is 461. The minimum absolute atomic E-state index is 0.0137. The van der Waals surface area contributed by atoms with E-state index in [1.807, 2.05) is 6.07 Å². The first-order chi connectivity index (χ1) is 9.81. The lowest BCUT2D eigenvalue weighted by atomic mass is 9.86. The zero-order chi connectivity index (χ0) is 14.2. The summed E-state index contributed by atoms with van der Waals surface area (Å²) in [4.78, 5) is 0. The monoisotopic (exact) mass is 275 g/mol. The van der Waals surface area contributed by atoms with E-state index in [0.717, 1.165) is 18.8 Å². The summed E-state index contributed by atoms with van der Waals surface area (Å²) in [5, 5.41) is 8.90. The molecule has 0 amide bonds. The van der Waals surface area contributed by atoms with Gasteiger partial charge in [-0.3, -0.25) is 0 Å². The summed E-state index contributed by atoms with van der Waals surface area (Å²) >= 11 is 0. The number of unbranched alkanes of at least 4 members (excludes halogenated alkanes) is 1. The first-order valence-corrected chi connectivity index (χ1v) is 7.62. The molecule has 108 valence electrons. The molecule has 0 aliphatic heterocycles. The Kier molecular flexibility index (Phi) is 5.86. The minimum atomic E-state index is -0.507. The van der Waals surface area contributed by atoms with Crippen LogP contribution in [0, 0.1) is 23.1 Å². The maximum absolute atomic E-state index is 13.4. The summed E-state index contributed by atoms with van der Waals surface area (Å²) in [6.07, 6.45) is 10.3. The van der Waals surface area contributed by atoms with Gasteiger partial charge in [-0.25, -0.2) is 4.39 Å². The number of hydrogen-bond donors (Lipinski definition) is 0. The molecule has 1 saturated carbocycles. The van der Waals surface area contributed by atoms with Crippen LogP contribution in [0.25, 0.3) is 0 Å². The number of ether oxygens (including phenoxy) is 1. The van der Waals surface area contributed by atoms with Crippen molar-refractivity contribution in [3.63, 3.8) is 0 Å². The van der Waals surface area contributed by atoms with E-state index in [1.54, 1.807) is 12.1 Å². The van der Waals surface area contributed by atoms with Gasteiger partial charge in [0, 0.05) is 0 Å². The van der Waals surface area contributed by atoms with Gasteiger partial charge in [0.1, 0.15) is 23.2 Å². The normalized spacial score (nSPS) is 15.8. The summed E-state index contributed by atoms with van der Waals surface area (Å²) in [5.74, 6) is 0.755. The molecule has 0 spiro atoms. The lowest BCUT2D eigenvalue weighted by Gasteiger charge is -2.21. The molecule has 3 heteroatoms. The zero-order valence-electron chi connectivity index (χ0n) is 11.9. The van der Waals surface area contributed by atoms with Crippen LogP contribution in [0.4, 0.5) is 4.39 Å². The molecule has 2 nitrogen and oxygen atoms in total. The summed E-state index contributed by atoms with van der Waals surface area (Å²) < 4.78 is 18.9. The lowest BCUT2D eigenvalue weighted by Crippen LogP contribution is -2.07. The third-order valence-electron chi connectivity index (χ3n) is 4.08. The molecule has 0 heterocycles. The van der Waals surface area contributed by atoms with Gasteiger partial charge in [-0.05, 0) is 30.9 Å². The van der Waals surface area contributed by atoms with Crippen molar-refractivity contribution < 1.29 is 9.13 Å². The number of nitriles is 1. The third kappa shape index (κ3) is 4.23. The van der Waals surface area contributed by atoms with E-state index in [9.17, 15) is 4.39 Å². The lowest BCUT2D eigenvalue weighted by molar-refractivity contribution is 0.282. The van der Waals surface area contributed by atoms with Gasteiger partial charge in [-0.1, -0.05) is 44.6 Å². The van der Waals surface area contributed by atoms with E-state index in [1.165, 1.54) is 44.6 Å². The number of benzene rings is 1. The number of nitrogens with zero attached hydrogens (tertiary/aromatic N) is 1. The van der Waals surface area contributed by atoms with Crippen LogP contribution in [-0.4, -0.2) is 6.61 Å². The van der Waals surface area contributed by atoms with E-state index < -0.39 is 5.82 Å². The second kappa shape index (κ2) is 7.89. The summed E-state index contributed by atoms with van der Waals surface area (Å²) in [7, 11) is 0. The Morgan fingerprint density at radius 3 is 2.75 bits per heavy atom. The quantitative estimate of drug-likeness (QED) is 0.697. The SMILES string of the molecule is N#Cc1c(F)cccc1OCCCCC1CCCCC1. The number of halogens is 1. The van der Waals surface area contributed by atoms with E-state index in [4.69, 9.17) is 10.00 Å². The molecule has 0 bridgehead atoms. The average Bonchev–Trinajstić information content (AvgIpc) is 2.48. The minimum Gasteiger partial charge on any atom is -0.492 e. The third-order valence-corrected chi connectivity index (χ3v) is 4.08. The van der Waals surface area contributed by atoms with Crippen LogP contribution >= 0.6 is 0 Å². The highest BCUT2D eigenvalue weighted by Crippen LogP contribution is 2.27. The molecule has 0 saturated heterocycles. The van der Waals surface area contributed by atoms with Crippen molar-refractivity contribution in [1.29, 1.82) is 5.26 Å². The standard InChI is InChI=1S/C17H22FNO/c18-16-10-6-11-17(15(16)13-19)20-12-5-4-9-14-7-2-1-3-8-14/h6,10-11,14H,1-5,7-9,12H2. The van der Waals surface area contributed by atoms with Crippen molar-refractivity contribution in [3.05, 3.63) is 29.6 Å². The molecular formula is C17H22FNO. The highest BCUT2D eigenvalue weighted by atomic mass is 19.1. The van der Waals surface area contributed by atoms with Crippen LogP contribution in [0.5, 0.6) is 5.75 Å². The predicted octanol–water partition coefficient (Wildman–Crippen LogP) is 4.83. The van der Waals surface area contributed by atoms with Gasteiger partial charge in [0.05, 0.1) is 6.61 Å². The molecule has 0 aromatic heterocycles. The van der Waals surface area contributed by atoms with Crippen molar-refractivity contribution in [2.45, 2.75) is 51.4 Å². The number of hydrogen-bond acceptors (Lipinski definition) is 2. The van der Waals surface area contributed by atoms with E-state index in [0.29, 0.717) is 12.4 Å². The smallest absolute Gasteiger partial charge is 0.144 e. The Balaban J connectivity index is 1.68. The average molecular weight is 275 g/mol. The van der Waals surface area contributed by atoms with Crippen LogP contribution in [0.3, 0.4) is 0 Å². The van der Waals surface area contributed by atoms with Crippen LogP contribution in [0.1, 0.15) is 56.9 Å². The van der Waals surface area contributed by atoms with Crippen molar-refractivity contribution >= 4 is 0 Å². The molecule has 1 fully saturated rings. The van der Waals surface area contributed by atoms with E-state index in [2.05, 4.69) is 0 Å². The van der Waals surface area contributed by atoms with Gasteiger partial charge in [-0.2, -0.15) is 5.26 Å². The molecular weight excluding hydrogens is 253 g/mol. The molecule has 1 aromatic carbocycles. The fourth-order valence-corrected chi connectivity index (χ4v) is 2.93. The highest BCUT2D eigenvalue weighted by Gasteiger charge is 2.13. The van der Waals surface area contributed by atoms with Crippen molar-refractivity contribution in [2.75, 3.05) is 6.61 Å². The Labute approximate surface area is 120 Å². The van der Waals surface area contributed by atoms with Crippen molar-refractivity contribution in [1.82, 2.24) is 0 Å². The Morgan fingerprint density at radius 2 is 2.00 bits per heavy atom. The molecule has 1 aliphatic rings. The molecule has 0 atom stereocenters. The predicted molar refractivity (Wildman–Crippen MR) is 77.0 cm³/mol. The maximum Gasteiger partial charge on any atom is 0.144 e. The summed E-state index contributed by atoms with van der Waals surface area (Å²) in [6, 6.07) is 6.38. The molecule has 0 radical (unpaired) electrons. The van der Waals surface area contributed by atoms with Crippen LogP contribution < -0.4 is 4.74 Å². The molecule has 1 aromatic rings. The summed E-state index contributed by atoms with van der Waals surface area (Å²) in [6.45, 7) is 0.560.